The lowest BCUT2D eigenvalue weighted by Crippen LogP contribution is -2.43. The van der Waals surface area contributed by atoms with Crippen LogP contribution in [-0.2, 0) is 17.5 Å². The van der Waals surface area contributed by atoms with Crippen LogP contribution < -0.4 is 21.7 Å². The van der Waals surface area contributed by atoms with E-state index in [0.717, 1.165) is 49.6 Å². The second-order valence-electron chi connectivity index (χ2n) is 9.04. The smallest absolute Gasteiger partial charge is 0.372 e. The number of hydrogen-bond donors (Lipinski definition) is 3. The zero-order chi connectivity index (χ0) is 28.3. The van der Waals surface area contributed by atoms with Crippen LogP contribution in [0.25, 0.3) is 11.1 Å². The number of nitrogens with zero attached hydrogens (tertiary/aromatic N) is 3. The monoisotopic (exact) mass is 560 g/mol. The first-order chi connectivity index (χ1) is 18.7. The van der Waals surface area contributed by atoms with Crippen molar-refractivity contribution in [1.29, 1.82) is 0 Å². The lowest BCUT2D eigenvalue weighted by atomic mass is 10.0. The number of pyridine rings is 1. The van der Waals surface area contributed by atoms with Gasteiger partial charge in [-0.05, 0) is 85.4 Å². The third-order valence-corrected chi connectivity index (χ3v) is 7.17. The predicted molar refractivity (Wildman–Crippen MR) is 151 cm³/mol. The SMILES string of the molecule is Cc1cc(C(F)(F)F)cc(N2CCN(Sc3ccc(-c4cccc(CNCCCN)c4)cc3)CC2)n1.NC=O. The van der Waals surface area contributed by atoms with Gasteiger partial charge in [0.15, 0.2) is 0 Å². The average molecular weight is 561 g/mol. The molecule has 2 aromatic carbocycles. The van der Waals surface area contributed by atoms with E-state index >= 15 is 0 Å². The Morgan fingerprint density at radius 1 is 1.03 bits per heavy atom. The van der Waals surface area contributed by atoms with Crippen molar-refractivity contribution in [2.45, 2.75) is 31.0 Å². The molecule has 0 radical (unpaired) electrons. The number of piperazine rings is 1. The van der Waals surface area contributed by atoms with Gasteiger partial charge in [-0.25, -0.2) is 9.29 Å². The molecule has 5 N–H and O–H groups in total. The second-order valence-corrected chi connectivity index (χ2v) is 10.2. The van der Waals surface area contributed by atoms with E-state index in [1.165, 1.54) is 16.7 Å². The number of halogens is 3. The van der Waals surface area contributed by atoms with E-state index in [2.05, 4.69) is 68.9 Å². The van der Waals surface area contributed by atoms with Gasteiger partial charge in [0.1, 0.15) is 5.82 Å². The summed E-state index contributed by atoms with van der Waals surface area (Å²) in [6.07, 6.45) is -3.15. The molecule has 0 spiro atoms. The largest absolute Gasteiger partial charge is 0.416 e. The molecule has 0 atom stereocenters. The van der Waals surface area contributed by atoms with Crippen LogP contribution in [0.5, 0.6) is 0 Å². The number of primary amides is 1. The number of aromatic nitrogens is 1. The molecule has 1 aromatic heterocycles. The molecule has 0 bridgehead atoms. The van der Waals surface area contributed by atoms with Crippen molar-refractivity contribution < 1.29 is 18.0 Å². The van der Waals surface area contributed by atoms with Crippen molar-refractivity contribution in [3.8, 4) is 11.1 Å². The normalized spacial score (nSPS) is 14.0. The minimum Gasteiger partial charge on any atom is -0.372 e. The quantitative estimate of drug-likeness (QED) is 0.202. The Balaban J connectivity index is 0.00000134. The van der Waals surface area contributed by atoms with E-state index in [1.807, 2.05) is 4.90 Å². The molecule has 0 saturated carbocycles. The Morgan fingerprint density at radius 3 is 2.36 bits per heavy atom. The number of nitrogens with two attached hydrogens (primary N) is 2. The summed E-state index contributed by atoms with van der Waals surface area (Å²) >= 11 is 1.68. The van der Waals surface area contributed by atoms with E-state index < -0.39 is 11.7 Å². The molecule has 11 heteroatoms. The minimum absolute atomic E-state index is 0.250. The van der Waals surface area contributed by atoms with Crippen LogP contribution in [0, 0.1) is 6.92 Å². The fourth-order valence-corrected chi connectivity index (χ4v) is 5.06. The van der Waals surface area contributed by atoms with Crippen LogP contribution in [0.3, 0.4) is 0 Å². The number of amides is 1. The van der Waals surface area contributed by atoms with Crippen molar-refractivity contribution >= 4 is 24.2 Å². The van der Waals surface area contributed by atoms with Crippen LogP contribution in [0.1, 0.15) is 23.2 Å². The summed E-state index contributed by atoms with van der Waals surface area (Å²) in [4.78, 5) is 16.0. The highest BCUT2D eigenvalue weighted by atomic mass is 32.2. The fraction of sp³-hybridized carbons (Fsp3) is 0.357. The number of anilines is 1. The molecule has 210 valence electrons. The van der Waals surface area contributed by atoms with Gasteiger partial charge in [-0.1, -0.05) is 30.3 Å². The van der Waals surface area contributed by atoms with Crippen LogP contribution in [0.2, 0.25) is 0 Å². The summed E-state index contributed by atoms with van der Waals surface area (Å²) in [5.41, 5.74) is 13.0. The summed E-state index contributed by atoms with van der Waals surface area (Å²) in [5.74, 6) is 0.396. The van der Waals surface area contributed by atoms with Crippen LogP contribution in [0.15, 0.2) is 65.6 Å². The maximum atomic E-state index is 13.2. The first kappa shape index (κ1) is 30.4. The molecule has 7 nitrogen and oxygen atoms in total. The maximum Gasteiger partial charge on any atom is 0.416 e. The van der Waals surface area contributed by atoms with Crippen LogP contribution >= 0.6 is 11.9 Å². The molecule has 0 unspecified atom stereocenters. The predicted octanol–water partition coefficient (Wildman–Crippen LogP) is 4.45. The Bertz CT molecular complexity index is 1180. The lowest BCUT2D eigenvalue weighted by molar-refractivity contribution is -0.137. The Morgan fingerprint density at radius 2 is 1.72 bits per heavy atom. The topological polar surface area (TPSA) is 101 Å². The molecule has 0 aliphatic carbocycles. The lowest BCUT2D eigenvalue weighted by Gasteiger charge is -2.35. The highest BCUT2D eigenvalue weighted by molar-refractivity contribution is 7.97. The zero-order valence-electron chi connectivity index (χ0n) is 22.0. The van der Waals surface area contributed by atoms with E-state index in [0.29, 0.717) is 31.1 Å². The second kappa shape index (κ2) is 14.9. The highest BCUT2D eigenvalue weighted by Gasteiger charge is 2.32. The summed E-state index contributed by atoms with van der Waals surface area (Å²) in [6.45, 7) is 6.77. The number of nitrogens with one attached hydrogen (secondary N) is 1. The van der Waals surface area contributed by atoms with E-state index in [-0.39, 0.29) is 6.41 Å². The van der Waals surface area contributed by atoms with Gasteiger partial charge in [0.2, 0.25) is 6.41 Å². The third kappa shape index (κ3) is 9.54. The van der Waals surface area contributed by atoms with Crippen LogP contribution in [-0.4, -0.2) is 55.0 Å². The van der Waals surface area contributed by atoms with E-state index in [4.69, 9.17) is 10.5 Å². The molecule has 2 heterocycles. The standard InChI is InChI=1S/C27H32F3N5S.CH3NO/c1-20-16-24(27(28,29)30)18-26(33-20)34-12-14-35(15-13-34)36-25-8-6-22(7-9-25)23-5-2-4-21(17-23)19-32-11-3-10-31;2-1-3/h2,4-9,16-18,32H,3,10-15,19,31H2,1H3;1H,(H2,2,3). The van der Waals surface area contributed by atoms with Gasteiger partial charge in [-0.15, -0.1) is 0 Å². The summed E-state index contributed by atoms with van der Waals surface area (Å²) in [6, 6.07) is 19.3. The van der Waals surface area contributed by atoms with Gasteiger partial charge in [0.25, 0.3) is 0 Å². The van der Waals surface area contributed by atoms with Gasteiger partial charge in [-0.2, -0.15) is 13.2 Å². The number of alkyl halides is 3. The van der Waals surface area contributed by atoms with Gasteiger partial charge >= 0.3 is 6.18 Å². The van der Waals surface area contributed by atoms with E-state index in [9.17, 15) is 13.2 Å². The van der Waals surface area contributed by atoms with Gasteiger partial charge in [0, 0.05) is 43.3 Å². The molecular weight excluding hydrogens is 525 g/mol. The number of carbonyl (C=O) groups excluding carboxylic acids is 1. The van der Waals surface area contributed by atoms with E-state index in [1.54, 1.807) is 18.9 Å². The zero-order valence-corrected chi connectivity index (χ0v) is 22.8. The molecule has 1 aliphatic heterocycles. The number of benzene rings is 2. The molecule has 1 saturated heterocycles. The molecule has 1 aliphatic rings. The van der Waals surface area contributed by atoms with Crippen molar-refractivity contribution in [2.24, 2.45) is 11.5 Å². The van der Waals surface area contributed by atoms with Crippen molar-refractivity contribution in [3.05, 3.63) is 77.5 Å². The first-order valence-corrected chi connectivity index (χ1v) is 13.5. The van der Waals surface area contributed by atoms with Crippen molar-refractivity contribution in [1.82, 2.24) is 14.6 Å². The molecule has 39 heavy (non-hydrogen) atoms. The van der Waals surface area contributed by atoms with Gasteiger partial charge in [-0.3, -0.25) is 4.79 Å². The molecule has 1 fully saturated rings. The maximum absolute atomic E-state index is 13.2. The van der Waals surface area contributed by atoms with Gasteiger partial charge in [0.05, 0.1) is 5.56 Å². The van der Waals surface area contributed by atoms with Crippen molar-refractivity contribution in [2.75, 3.05) is 44.2 Å². The summed E-state index contributed by atoms with van der Waals surface area (Å²) in [7, 11) is 0. The molecule has 4 rings (SSSR count). The number of carbonyl (C=O) groups is 1. The molecular formula is C28H35F3N6OS. The average Bonchev–Trinajstić information content (AvgIpc) is 2.92. The fourth-order valence-electron chi connectivity index (χ4n) is 4.16. The highest BCUT2D eigenvalue weighted by Crippen LogP contribution is 2.33. The molecule has 1 amide bonds. The van der Waals surface area contributed by atoms with Crippen LogP contribution in [0.4, 0.5) is 19.0 Å². The minimum atomic E-state index is -4.37. The molecule has 3 aromatic rings. The number of aryl methyl sites for hydroxylation is 1. The third-order valence-electron chi connectivity index (χ3n) is 6.07. The number of hydrogen-bond acceptors (Lipinski definition) is 7. The summed E-state index contributed by atoms with van der Waals surface area (Å²) in [5, 5.41) is 3.42. The first-order valence-electron chi connectivity index (χ1n) is 12.7. The van der Waals surface area contributed by atoms with Gasteiger partial charge < -0.3 is 21.7 Å². The van der Waals surface area contributed by atoms with Crippen molar-refractivity contribution in [3.63, 3.8) is 0 Å². The number of rotatable bonds is 9. The Hall–Kier alpha value is -3.12. The Labute approximate surface area is 231 Å². The summed E-state index contributed by atoms with van der Waals surface area (Å²) < 4.78 is 41.8. The Kier molecular flexibility index (Phi) is 11.6.